The van der Waals surface area contributed by atoms with Gasteiger partial charge in [-0.15, -0.1) is 10.2 Å². The quantitative estimate of drug-likeness (QED) is 0.297. The molecular weight excluding hydrogens is 504 g/mol. The van der Waals surface area contributed by atoms with E-state index in [1.807, 2.05) is 37.6 Å². The number of pyridine rings is 1. The summed E-state index contributed by atoms with van der Waals surface area (Å²) in [5, 5.41) is 8.82. The Hall–Kier alpha value is -3.96. The molecule has 1 unspecified atom stereocenters. The van der Waals surface area contributed by atoms with Crippen molar-refractivity contribution in [2.75, 3.05) is 7.11 Å². The van der Waals surface area contributed by atoms with E-state index in [1.54, 1.807) is 17.0 Å². The van der Waals surface area contributed by atoms with E-state index in [9.17, 15) is 17.6 Å². The molecule has 0 N–H and O–H groups in total. The van der Waals surface area contributed by atoms with Gasteiger partial charge in [0.25, 0.3) is 0 Å². The Labute approximate surface area is 216 Å². The SMILES string of the molecule is COc1nc(-c2nnc3n2CCCC3(Oc2ccc(F)c(C(F)(F)F)c2)C(C)C)ccc1-n1cnc(C)c1. The standard InChI is InChI=1S/C26H26F4N6O2/c1-15(2)25(38-17-6-7-19(27)18(12-17)26(28,29)30)10-5-11-36-22(33-34-24(25)36)20-8-9-21(23(32-20)37-4)35-13-16(3)31-14-35/h6-9,12-15H,5,10-11H2,1-4H3. The fourth-order valence-corrected chi connectivity index (χ4v) is 4.84. The minimum atomic E-state index is -4.85. The van der Waals surface area contributed by atoms with Gasteiger partial charge in [-0.2, -0.15) is 13.2 Å². The normalized spacial score (nSPS) is 17.5. The van der Waals surface area contributed by atoms with Gasteiger partial charge in [-0.25, -0.2) is 14.4 Å². The van der Waals surface area contributed by atoms with Crippen LogP contribution in [0.25, 0.3) is 17.2 Å². The van der Waals surface area contributed by atoms with E-state index in [1.165, 1.54) is 13.2 Å². The van der Waals surface area contributed by atoms with E-state index in [0.29, 0.717) is 54.4 Å². The van der Waals surface area contributed by atoms with Crippen molar-refractivity contribution in [1.82, 2.24) is 29.3 Å². The average molecular weight is 531 g/mol. The number of rotatable bonds is 6. The highest BCUT2D eigenvalue weighted by Crippen LogP contribution is 2.44. The molecule has 1 aliphatic rings. The highest BCUT2D eigenvalue weighted by molar-refractivity contribution is 5.56. The predicted octanol–water partition coefficient (Wildman–Crippen LogP) is 5.72. The molecule has 3 aromatic heterocycles. The molecule has 0 spiro atoms. The van der Waals surface area contributed by atoms with Crippen molar-refractivity contribution in [2.45, 2.75) is 51.9 Å². The number of nitrogens with zero attached hydrogens (tertiary/aromatic N) is 6. The van der Waals surface area contributed by atoms with Gasteiger partial charge in [-0.3, -0.25) is 0 Å². The third-order valence-corrected chi connectivity index (χ3v) is 6.79. The maximum absolute atomic E-state index is 13.9. The highest BCUT2D eigenvalue weighted by Gasteiger charge is 2.46. The summed E-state index contributed by atoms with van der Waals surface area (Å²) in [6, 6.07) is 6.31. The second-order valence-corrected chi connectivity index (χ2v) is 9.54. The van der Waals surface area contributed by atoms with Gasteiger partial charge in [0.1, 0.15) is 22.9 Å². The first-order valence-electron chi connectivity index (χ1n) is 12.1. The van der Waals surface area contributed by atoms with Crippen LogP contribution in [0.1, 0.15) is 43.8 Å². The topological polar surface area (TPSA) is 79.9 Å². The van der Waals surface area contributed by atoms with E-state index in [4.69, 9.17) is 9.47 Å². The monoisotopic (exact) mass is 530 g/mol. The first-order chi connectivity index (χ1) is 18.0. The van der Waals surface area contributed by atoms with Gasteiger partial charge in [0.2, 0.25) is 5.88 Å². The molecule has 200 valence electrons. The van der Waals surface area contributed by atoms with Crippen LogP contribution in [0.2, 0.25) is 0 Å². The zero-order chi connectivity index (χ0) is 27.2. The molecular formula is C26H26F4N6O2. The number of methoxy groups -OCH3 is 1. The molecule has 0 fully saturated rings. The lowest BCUT2D eigenvalue weighted by atomic mass is 9.82. The minimum Gasteiger partial charge on any atom is -0.479 e. The maximum atomic E-state index is 13.9. The first-order valence-corrected chi connectivity index (χ1v) is 12.1. The van der Waals surface area contributed by atoms with Crippen LogP contribution in [0.5, 0.6) is 11.6 Å². The van der Waals surface area contributed by atoms with Gasteiger partial charge in [-0.1, -0.05) is 13.8 Å². The Kier molecular flexibility index (Phi) is 6.36. The van der Waals surface area contributed by atoms with Crippen molar-refractivity contribution in [3.05, 3.63) is 65.8 Å². The predicted molar refractivity (Wildman–Crippen MR) is 129 cm³/mol. The number of halogens is 4. The molecule has 0 radical (unpaired) electrons. The Morgan fingerprint density at radius 2 is 1.89 bits per heavy atom. The van der Waals surface area contributed by atoms with Crippen molar-refractivity contribution in [3.63, 3.8) is 0 Å². The van der Waals surface area contributed by atoms with Crippen LogP contribution in [0, 0.1) is 18.7 Å². The summed E-state index contributed by atoms with van der Waals surface area (Å²) in [6.07, 6.45) is -0.168. The Morgan fingerprint density at radius 3 is 2.55 bits per heavy atom. The third-order valence-electron chi connectivity index (χ3n) is 6.79. The lowest BCUT2D eigenvalue weighted by Crippen LogP contribution is -2.44. The van der Waals surface area contributed by atoms with Crippen LogP contribution in [-0.2, 0) is 18.3 Å². The molecule has 38 heavy (non-hydrogen) atoms. The fourth-order valence-electron chi connectivity index (χ4n) is 4.84. The molecule has 1 aromatic carbocycles. The number of hydrogen-bond donors (Lipinski definition) is 0. The van der Waals surface area contributed by atoms with E-state index in [-0.39, 0.29) is 11.7 Å². The Bertz CT molecular complexity index is 1480. The average Bonchev–Trinajstić information content (AvgIpc) is 3.51. The van der Waals surface area contributed by atoms with Crippen LogP contribution in [-0.4, -0.2) is 36.4 Å². The number of aryl methyl sites for hydroxylation is 1. The zero-order valence-electron chi connectivity index (χ0n) is 21.3. The van der Waals surface area contributed by atoms with E-state index >= 15 is 0 Å². The molecule has 12 heteroatoms. The molecule has 5 rings (SSSR count). The van der Waals surface area contributed by atoms with Gasteiger partial charge in [-0.05, 0) is 50.1 Å². The van der Waals surface area contributed by atoms with Crippen molar-refractivity contribution >= 4 is 0 Å². The van der Waals surface area contributed by atoms with Crippen molar-refractivity contribution < 1.29 is 27.0 Å². The fraction of sp³-hybridized carbons (Fsp3) is 0.385. The lowest BCUT2D eigenvalue weighted by molar-refractivity contribution is -0.140. The summed E-state index contributed by atoms with van der Waals surface area (Å²) in [7, 11) is 1.52. The van der Waals surface area contributed by atoms with E-state index in [2.05, 4.69) is 20.2 Å². The van der Waals surface area contributed by atoms with Crippen LogP contribution in [0.15, 0.2) is 42.9 Å². The smallest absolute Gasteiger partial charge is 0.419 e. The summed E-state index contributed by atoms with van der Waals surface area (Å²) < 4.78 is 69.4. The Balaban J connectivity index is 1.55. The zero-order valence-corrected chi connectivity index (χ0v) is 21.3. The molecule has 1 aliphatic heterocycles. The van der Waals surface area contributed by atoms with Crippen molar-refractivity contribution in [2.24, 2.45) is 5.92 Å². The molecule has 8 nitrogen and oxygen atoms in total. The third kappa shape index (κ3) is 4.37. The van der Waals surface area contributed by atoms with E-state index in [0.717, 1.165) is 11.8 Å². The van der Waals surface area contributed by atoms with Crippen LogP contribution >= 0.6 is 0 Å². The molecule has 0 bridgehead atoms. The van der Waals surface area contributed by atoms with Gasteiger partial charge in [0.05, 0.1) is 24.7 Å². The maximum Gasteiger partial charge on any atom is 0.419 e. The van der Waals surface area contributed by atoms with Gasteiger partial charge >= 0.3 is 6.18 Å². The second-order valence-electron chi connectivity index (χ2n) is 9.54. The number of alkyl halides is 3. The molecule has 4 heterocycles. The second kappa shape index (κ2) is 9.41. The van der Waals surface area contributed by atoms with Crippen LogP contribution in [0.4, 0.5) is 17.6 Å². The molecule has 4 aromatic rings. The summed E-state index contributed by atoms with van der Waals surface area (Å²) in [5.74, 6) is -0.313. The molecule has 1 atom stereocenters. The lowest BCUT2D eigenvalue weighted by Gasteiger charge is -2.40. The highest BCUT2D eigenvalue weighted by atomic mass is 19.4. The number of imidazole rings is 1. The summed E-state index contributed by atoms with van der Waals surface area (Å²) >= 11 is 0. The van der Waals surface area contributed by atoms with Crippen LogP contribution < -0.4 is 9.47 Å². The minimum absolute atomic E-state index is 0.0924. The largest absolute Gasteiger partial charge is 0.479 e. The van der Waals surface area contributed by atoms with Crippen molar-refractivity contribution in [1.29, 1.82) is 0 Å². The number of ether oxygens (including phenoxy) is 2. The van der Waals surface area contributed by atoms with Gasteiger partial charge in [0, 0.05) is 18.7 Å². The van der Waals surface area contributed by atoms with Gasteiger partial charge in [0.15, 0.2) is 17.2 Å². The summed E-state index contributed by atoms with van der Waals surface area (Å²) in [6.45, 7) is 6.26. The first kappa shape index (κ1) is 25.7. The molecule has 0 saturated carbocycles. The molecule has 0 saturated heterocycles. The van der Waals surface area contributed by atoms with Crippen LogP contribution in [0.3, 0.4) is 0 Å². The number of fused-ring (bicyclic) bond motifs is 1. The van der Waals surface area contributed by atoms with E-state index < -0.39 is 23.2 Å². The number of aromatic nitrogens is 6. The molecule has 0 aliphatic carbocycles. The summed E-state index contributed by atoms with van der Waals surface area (Å²) in [5.41, 5.74) is -0.399. The molecule has 0 amide bonds. The number of benzene rings is 1. The van der Waals surface area contributed by atoms with Crippen molar-refractivity contribution in [3.8, 4) is 28.8 Å². The summed E-state index contributed by atoms with van der Waals surface area (Å²) in [4.78, 5) is 8.90. The van der Waals surface area contributed by atoms with Gasteiger partial charge < -0.3 is 18.6 Å². The number of hydrogen-bond acceptors (Lipinski definition) is 6. The Morgan fingerprint density at radius 1 is 1.11 bits per heavy atom.